The normalized spacial score (nSPS) is 8.85. The van der Waals surface area contributed by atoms with Gasteiger partial charge in [0.05, 0.1) is 6.54 Å². The molecule has 0 amide bonds. The summed E-state index contributed by atoms with van der Waals surface area (Å²) in [7, 11) is 0. The van der Waals surface area contributed by atoms with Crippen LogP contribution in [-0.4, -0.2) is 27.6 Å². The molecular weight excluding hydrogens is 170 g/mol. The number of hydrogen-bond donors (Lipinski definition) is 2. The standard InChI is InChI=1S/C8H7N3O2/c1-2-3-10-7-6(8(12)13)4-9-5-11-7/h1,4-5H,3H2,(H,12,13)(H,9,10,11). The maximum absolute atomic E-state index is 10.6. The Balaban J connectivity index is 2.92. The first-order valence-corrected chi connectivity index (χ1v) is 3.46. The Hall–Kier alpha value is -2.09. The van der Waals surface area contributed by atoms with Crippen molar-refractivity contribution in [2.45, 2.75) is 0 Å². The Kier molecular flexibility index (Phi) is 2.82. The van der Waals surface area contributed by atoms with Crippen molar-refractivity contribution >= 4 is 11.8 Å². The SMILES string of the molecule is C#CCNc1ncncc1C(=O)O. The van der Waals surface area contributed by atoms with Crippen LogP contribution >= 0.6 is 0 Å². The van der Waals surface area contributed by atoms with Gasteiger partial charge in [-0.25, -0.2) is 14.8 Å². The minimum absolute atomic E-state index is 0.0118. The second-order valence-corrected chi connectivity index (χ2v) is 2.15. The average Bonchev–Trinajstić information content (AvgIpc) is 2.15. The molecule has 1 rings (SSSR count). The van der Waals surface area contributed by atoms with E-state index in [1.165, 1.54) is 12.5 Å². The number of rotatable bonds is 3. The lowest BCUT2D eigenvalue weighted by molar-refractivity contribution is 0.0697. The fraction of sp³-hybridized carbons (Fsp3) is 0.125. The molecule has 0 atom stereocenters. The van der Waals surface area contributed by atoms with Crippen LogP contribution in [0.4, 0.5) is 5.82 Å². The van der Waals surface area contributed by atoms with Gasteiger partial charge in [-0.1, -0.05) is 5.92 Å². The lowest BCUT2D eigenvalue weighted by atomic mass is 10.3. The molecule has 13 heavy (non-hydrogen) atoms. The van der Waals surface area contributed by atoms with E-state index in [-0.39, 0.29) is 17.9 Å². The van der Waals surface area contributed by atoms with Crippen LogP contribution in [0.25, 0.3) is 0 Å². The molecule has 0 spiro atoms. The fourth-order valence-electron chi connectivity index (χ4n) is 0.762. The highest BCUT2D eigenvalue weighted by Gasteiger charge is 2.09. The Bertz CT molecular complexity index is 357. The second kappa shape index (κ2) is 4.07. The lowest BCUT2D eigenvalue weighted by Gasteiger charge is -2.03. The third kappa shape index (κ3) is 2.17. The summed E-state index contributed by atoms with van der Waals surface area (Å²) >= 11 is 0. The summed E-state index contributed by atoms with van der Waals surface area (Å²) in [6, 6.07) is 0. The molecule has 5 nitrogen and oxygen atoms in total. The summed E-state index contributed by atoms with van der Waals surface area (Å²) in [6.07, 6.45) is 7.47. The van der Waals surface area contributed by atoms with Gasteiger partial charge in [0.15, 0.2) is 0 Å². The predicted octanol–water partition coefficient (Wildman–Crippen LogP) is 0.220. The molecule has 1 heterocycles. The van der Waals surface area contributed by atoms with Crippen LogP contribution in [0.1, 0.15) is 10.4 Å². The first kappa shape index (κ1) is 9.00. The van der Waals surface area contributed by atoms with Crippen LogP contribution in [0, 0.1) is 12.3 Å². The van der Waals surface area contributed by atoms with Crippen LogP contribution < -0.4 is 5.32 Å². The van der Waals surface area contributed by atoms with Crippen molar-refractivity contribution in [3.05, 3.63) is 18.1 Å². The summed E-state index contributed by atoms with van der Waals surface area (Å²) in [4.78, 5) is 17.9. The second-order valence-electron chi connectivity index (χ2n) is 2.15. The molecule has 66 valence electrons. The smallest absolute Gasteiger partial charge is 0.341 e. The molecule has 0 saturated carbocycles. The summed E-state index contributed by atoms with van der Waals surface area (Å²) in [5.74, 6) is 1.47. The maximum Gasteiger partial charge on any atom is 0.341 e. The monoisotopic (exact) mass is 177 g/mol. The first-order valence-electron chi connectivity index (χ1n) is 3.46. The molecule has 0 aliphatic heterocycles. The first-order chi connectivity index (χ1) is 6.25. The van der Waals surface area contributed by atoms with E-state index in [0.29, 0.717) is 0 Å². The molecule has 0 unspecified atom stereocenters. The molecule has 0 fully saturated rings. The number of nitrogens with zero attached hydrogens (tertiary/aromatic N) is 2. The third-order valence-corrected chi connectivity index (χ3v) is 1.30. The van der Waals surface area contributed by atoms with Gasteiger partial charge in [-0.2, -0.15) is 0 Å². The Morgan fingerprint density at radius 3 is 3.15 bits per heavy atom. The number of carbonyl (C=O) groups is 1. The number of anilines is 1. The van der Waals surface area contributed by atoms with Crippen LogP contribution in [-0.2, 0) is 0 Å². The molecule has 2 N–H and O–H groups in total. The number of terminal acetylenes is 1. The van der Waals surface area contributed by atoms with E-state index in [0.717, 1.165) is 0 Å². The van der Waals surface area contributed by atoms with Gasteiger partial charge in [-0.05, 0) is 0 Å². The molecule has 0 bridgehead atoms. The van der Waals surface area contributed by atoms with E-state index < -0.39 is 5.97 Å². The van der Waals surface area contributed by atoms with Gasteiger partial charge in [0.25, 0.3) is 0 Å². The molecule has 1 aromatic heterocycles. The van der Waals surface area contributed by atoms with E-state index in [2.05, 4.69) is 21.2 Å². The highest BCUT2D eigenvalue weighted by Crippen LogP contribution is 2.08. The van der Waals surface area contributed by atoms with Crippen LogP contribution in [0.15, 0.2) is 12.5 Å². The van der Waals surface area contributed by atoms with Crippen molar-refractivity contribution in [2.24, 2.45) is 0 Å². The number of aromatic carboxylic acids is 1. The van der Waals surface area contributed by atoms with Crippen LogP contribution in [0.3, 0.4) is 0 Å². The maximum atomic E-state index is 10.6. The third-order valence-electron chi connectivity index (χ3n) is 1.30. The molecule has 0 aliphatic carbocycles. The quantitative estimate of drug-likeness (QED) is 0.646. The van der Waals surface area contributed by atoms with Crippen LogP contribution in [0.5, 0.6) is 0 Å². The predicted molar refractivity (Wildman–Crippen MR) is 46.3 cm³/mol. The number of nitrogens with one attached hydrogen (secondary N) is 1. The van der Waals surface area contributed by atoms with Gasteiger partial charge in [-0.3, -0.25) is 0 Å². The van der Waals surface area contributed by atoms with Crippen molar-refractivity contribution in [1.82, 2.24) is 9.97 Å². The van der Waals surface area contributed by atoms with Crippen molar-refractivity contribution in [3.8, 4) is 12.3 Å². The molecule has 1 aromatic rings. The minimum atomic E-state index is -1.08. The zero-order chi connectivity index (χ0) is 9.68. The van der Waals surface area contributed by atoms with Gasteiger partial charge in [0, 0.05) is 6.20 Å². The summed E-state index contributed by atoms with van der Waals surface area (Å²) in [6.45, 7) is 0.233. The zero-order valence-corrected chi connectivity index (χ0v) is 6.69. The van der Waals surface area contributed by atoms with E-state index in [1.807, 2.05) is 0 Å². The highest BCUT2D eigenvalue weighted by molar-refractivity contribution is 5.92. The lowest BCUT2D eigenvalue weighted by Crippen LogP contribution is -2.08. The van der Waals surface area contributed by atoms with Crippen molar-refractivity contribution in [2.75, 3.05) is 11.9 Å². The van der Waals surface area contributed by atoms with E-state index >= 15 is 0 Å². The van der Waals surface area contributed by atoms with Gasteiger partial charge >= 0.3 is 5.97 Å². The summed E-state index contributed by atoms with van der Waals surface area (Å²) in [5.41, 5.74) is 0.0118. The molecule has 0 aliphatic rings. The van der Waals surface area contributed by atoms with Gasteiger partial charge in [-0.15, -0.1) is 6.42 Å². The summed E-state index contributed by atoms with van der Waals surface area (Å²) < 4.78 is 0. The Morgan fingerprint density at radius 1 is 1.77 bits per heavy atom. The number of carboxylic acid groups (broad SMARTS) is 1. The number of aromatic nitrogens is 2. The van der Waals surface area contributed by atoms with Crippen molar-refractivity contribution in [3.63, 3.8) is 0 Å². The molecule has 5 heteroatoms. The van der Waals surface area contributed by atoms with Gasteiger partial charge < -0.3 is 10.4 Å². The van der Waals surface area contributed by atoms with Gasteiger partial charge in [0.1, 0.15) is 17.7 Å². The highest BCUT2D eigenvalue weighted by atomic mass is 16.4. The summed E-state index contributed by atoms with van der Waals surface area (Å²) in [5, 5.41) is 11.4. The number of hydrogen-bond acceptors (Lipinski definition) is 4. The Morgan fingerprint density at radius 2 is 2.54 bits per heavy atom. The zero-order valence-electron chi connectivity index (χ0n) is 6.69. The van der Waals surface area contributed by atoms with E-state index in [9.17, 15) is 4.79 Å². The van der Waals surface area contributed by atoms with E-state index in [4.69, 9.17) is 11.5 Å². The van der Waals surface area contributed by atoms with E-state index in [1.54, 1.807) is 0 Å². The van der Waals surface area contributed by atoms with Crippen molar-refractivity contribution in [1.29, 1.82) is 0 Å². The fourth-order valence-corrected chi connectivity index (χ4v) is 0.762. The molecular formula is C8H7N3O2. The molecule has 0 aromatic carbocycles. The molecule has 0 radical (unpaired) electrons. The van der Waals surface area contributed by atoms with Crippen LogP contribution in [0.2, 0.25) is 0 Å². The molecule has 0 saturated heterocycles. The number of carboxylic acids is 1. The van der Waals surface area contributed by atoms with Crippen molar-refractivity contribution < 1.29 is 9.90 Å². The van der Waals surface area contributed by atoms with Gasteiger partial charge in [0.2, 0.25) is 0 Å². The average molecular weight is 177 g/mol. The topological polar surface area (TPSA) is 75.1 Å². The largest absolute Gasteiger partial charge is 0.477 e. The Labute approximate surface area is 74.8 Å². The minimum Gasteiger partial charge on any atom is -0.477 e.